The highest BCUT2D eigenvalue weighted by Crippen LogP contribution is 2.18. The third kappa shape index (κ3) is 3.32. The van der Waals surface area contributed by atoms with E-state index < -0.39 is 0 Å². The first-order valence-corrected chi connectivity index (χ1v) is 6.74. The number of pyridine rings is 1. The van der Waals surface area contributed by atoms with Crippen LogP contribution >= 0.6 is 0 Å². The third-order valence-electron chi connectivity index (χ3n) is 3.28. The first-order valence-electron chi connectivity index (χ1n) is 6.74. The predicted octanol–water partition coefficient (Wildman–Crippen LogP) is 2.43. The average Bonchev–Trinajstić information content (AvgIpc) is 2.46. The van der Waals surface area contributed by atoms with Crippen LogP contribution in [-0.4, -0.2) is 11.1 Å². The minimum atomic E-state index is 0.0300. The van der Waals surface area contributed by atoms with Crippen LogP contribution in [0.5, 0.6) is 0 Å². The van der Waals surface area contributed by atoms with E-state index in [-0.39, 0.29) is 5.56 Å². The van der Waals surface area contributed by atoms with E-state index in [1.54, 1.807) is 10.6 Å². The van der Waals surface area contributed by atoms with Crippen molar-refractivity contribution in [2.75, 3.05) is 6.54 Å². The lowest BCUT2D eigenvalue weighted by Gasteiger charge is -2.08. The van der Waals surface area contributed by atoms with Crippen molar-refractivity contribution >= 4 is 0 Å². The Morgan fingerprint density at radius 2 is 1.74 bits per heavy atom. The molecule has 0 fully saturated rings. The normalized spacial score (nSPS) is 10.6. The van der Waals surface area contributed by atoms with Crippen molar-refractivity contribution in [1.82, 2.24) is 4.57 Å². The molecule has 0 saturated carbocycles. The minimum Gasteiger partial charge on any atom is -0.330 e. The number of hydrogen-bond acceptors (Lipinski definition) is 2. The molecule has 2 rings (SSSR count). The van der Waals surface area contributed by atoms with Gasteiger partial charge in [0.1, 0.15) is 0 Å². The van der Waals surface area contributed by atoms with E-state index in [0.29, 0.717) is 13.1 Å². The van der Waals surface area contributed by atoms with Crippen LogP contribution < -0.4 is 11.3 Å². The molecular formula is C16H20N2O. The van der Waals surface area contributed by atoms with Gasteiger partial charge in [0.2, 0.25) is 0 Å². The van der Waals surface area contributed by atoms with Crippen molar-refractivity contribution in [3.05, 3.63) is 58.5 Å². The van der Waals surface area contributed by atoms with Gasteiger partial charge in [0.05, 0.1) is 0 Å². The number of benzene rings is 1. The maximum Gasteiger partial charge on any atom is 0.250 e. The second-order valence-corrected chi connectivity index (χ2v) is 4.64. The van der Waals surface area contributed by atoms with Crippen LogP contribution in [-0.2, 0) is 13.0 Å². The van der Waals surface area contributed by atoms with Crippen molar-refractivity contribution in [1.29, 1.82) is 0 Å². The molecule has 0 aliphatic carbocycles. The van der Waals surface area contributed by atoms with Crippen LogP contribution in [0, 0.1) is 0 Å². The van der Waals surface area contributed by atoms with Crippen molar-refractivity contribution in [2.45, 2.75) is 26.3 Å². The summed E-state index contributed by atoms with van der Waals surface area (Å²) in [5, 5.41) is 0. The van der Waals surface area contributed by atoms with E-state index in [0.717, 1.165) is 24.0 Å². The van der Waals surface area contributed by atoms with Crippen LogP contribution in [0.1, 0.15) is 18.9 Å². The number of rotatable bonds is 5. The number of aromatic nitrogens is 1. The van der Waals surface area contributed by atoms with Gasteiger partial charge in [-0.2, -0.15) is 0 Å². The van der Waals surface area contributed by atoms with Crippen LogP contribution in [0.4, 0.5) is 0 Å². The topological polar surface area (TPSA) is 48.0 Å². The minimum absolute atomic E-state index is 0.0300. The van der Waals surface area contributed by atoms with E-state index in [4.69, 9.17) is 5.73 Å². The van der Waals surface area contributed by atoms with Gasteiger partial charge < -0.3 is 10.3 Å². The van der Waals surface area contributed by atoms with E-state index >= 15 is 0 Å². The Labute approximate surface area is 113 Å². The van der Waals surface area contributed by atoms with Gasteiger partial charge in [-0.3, -0.25) is 4.79 Å². The van der Waals surface area contributed by atoms with Crippen molar-refractivity contribution in [2.24, 2.45) is 5.73 Å². The van der Waals surface area contributed by atoms with E-state index in [9.17, 15) is 4.79 Å². The van der Waals surface area contributed by atoms with Crippen LogP contribution in [0.2, 0.25) is 0 Å². The average molecular weight is 256 g/mol. The zero-order chi connectivity index (χ0) is 13.7. The molecule has 0 spiro atoms. The van der Waals surface area contributed by atoms with Gasteiger partial charge in [0.25, 0.3) is 5.56 Å². The first kappa shape index (κ1) is 13.6. The largest absolute Gasteiger partial charge is 0.330 e. The summed E-state index contributed by atoms with van der Waals surface area (Å²) in [6, 6.07) is 12.0. The summed E-state index contributed by atoms with van der Waals surface area (Å²) < 4.78 is 1.73. The second kappa shape index (κ2) is 6.34. The molecule has 2 N–H and O–H groups in total. The molecule has 0 aliphatic heterocycles. The highest BCUT2D eigenvalue weighted by Gasteiger charge is 2.01. The summed E-state index contributed by atoms with van der Waals surface area (Å²) in [7, 11) is 0. The summed E-state index contributed by atoms with van der Waals surface area (Å²) in [5.74, 6) is 0. The van der Waals surface area contributed by atoms with E-state index in [1.807, 2.05) is 12.3 Å². The molecule has 2 aromatic rings. The van der Waals surface area contributed by atoms with E-state index in [2.05, 4.69) is 31.2 Å². The predicted molar refractivity (Wildman–Crippen MR) is 79.2 cm³/mol. The molecule has 19 heavy (non-hydrogen) atoms. The summed E-state index contributed by atoms with van der Waals surface area (Å²) in [6.45, 7) is 3.42. The van der Waals surface area contributed by atoms with Crippen molar-refractivity contribution < 1.29 is 0 Å². The Hall–Kier alpha value is -1.87. The molecule has 1 aromatic carbocycles. The fraction of sp³-hybridized carbons (Fsp3) is 0.312. The van der Waals surface area contributed by atoms with Gasteiger partial charge in [-0.15, -0.1) is 0 Å². The van der Waals surface area contributed by atoms with Crippen LogP contribution in [0.25, 0.3) is 11.1 Å². The molecule has 0 aliphatic rings. The standard InChI is InChI=1S/C16H20N2O/c1-2-13-4-6-14(7-5-13)15-8-9-16(19)18(12-15)11-3-10-17/h4-9,12H,2-3,10-11,17H2,1H3. The molecular weight excluding hydrogens is 236 g/mol. The fourth-order valence-corrected chi connectivity index (χ4v) is 2.07. The monoisotopic (exact) mass is 256 g/mol. The SMILES string of the molecule is CCc1ccc(-c2ccc(=O)n(CCCN)c2)cc1. The van der Waals surface area contributed by atoms with Crippen LogP contribution in [0.3, 0.4) is 0 Å². The number of aryl methyl sites for hydroxylation is 2. The van der Waals surface area contributed by atoms with Gasteiger partial charge in [-0.25, -0.2) is 0 Å². The summed E-state index contributed by atoms with van der Waals surface area (Å²) in [5.41, 5.74) is 9.05. The number of nitrogens with two attached hydrogens (primary N) is 1. The molecule has 3 heteroatoms. The maximum atomic E-state index is 11.7. The van der Waals surface area contributed by atoms with Gasteiger partial charge in [0.15, 0.2) is 0 Å². The Morgan fingerprint density at radius 3 is 2.37 bits per heavy atom. The van der Waals surface area contributed by atoms with Crippen molar-refractivity contribution in [3.63, 3.8) is 0 Å². The first-order chi connectivity index (χ1) is 9.24. The molecule has 1 heterocycles. The van der Waals surface area contributed by atoms with Crippen molar-refractivity contribution in [3.8, 4) is 11.1 Å². The number of hydrogen-bond donors (Lipinski definition) is 1. The molecule has 3 nitrogen and oxygen atoms in total. The zero-order valence-electron chi connectivity index (χ0n) is 11.3. The maximum absolute atomic E-state index is 11.7. The summed E-state index contributed by atoms with van der Waals surface area (Å²) in [6.07, 6.45) is 3.77. The Kier molecular flexibility index (Phi) is 4.53. The smallest absolute Gasteiger partial charge is 0.250 e. The fourth-order valence-electron chi connectivity index (χ4n) is 2.07. The molecule has 0 unspecified atom stereocenters. The zero-order valence-corrected chi connectivity index (χ0v) is 11.3. The molecule has 0 saturated heterocycles. The van der Waals surface area contributed by atoms with Gasteiger partial charge in [0, 0.05) is 18.8 Å². The Bertz CT molecular complexity index is 584. The third-order valence-corrected chi connectivity index (χ3v) is 3.28. The van der Waals surface area contributed by atoms with Gasteiger partial charge in [-0.05, 0) is 42.1 Å². The quantitative estimate of drug-likeness (QED) is 0.893. The van der Waals surface area contributed by atoms with E-state index in [1.165, 1.54) is 5.56 Å². The van der Waals surface area contributed by atoms with Crippen LogP contribution in [0.15, 0.2) is 47.4 Å². The molecule has 0 radical (unpaired) electrons. The Balaban J connectivity index is 2.30. The molecule has 100 valence electrons. The molecule has 0 atom stereocenters. The molecule has 0 amide bonds. The lowest BCUT2D eigenvalue weighted by molar-refractivity contribution is 0.630. The van der Waals surface area contributed by atoms with Gasteiger partial charge in [-0.1, -0.05) is 31.2 Å². The Morgan fingerprint density at radius 1 is 1.05 bits per heavy atom. The highest BCUT2D eigenvalue weighted by molar-refractivity contribution is 5.62. The van der Waals surface area contributed by atoms with Gasteiger partial charge >= 0.3 is 0 Å². The summed E-state index contributed by atoms with van der Waals surface area (Å²) >= 11 is 0. The molecule has 1 aromatic heterocycles. The number of nitrogens with zero attached hydrogens (tertiary/aromatic N) is 1. The highest BCUT2D eigenvalue weighted by atomic mass is 16.1. The lowest BCUT2D eigenvalue weighted by Crippen LogP contribution is -2.20. The summed E-state index contributed by atoms with van der Waals surface area (Å²) in [4.78, 5) is 11.7. The lowest BCUT2D eigenvalue weighted by atomic mass is 10.0. The molecule has 0 bridgehead atoms. The second-order valence-electron chi connectivity index (χ2n) is 4.64.